The number of ether oxygens (including phenoxy) is 1. The molecule has 2 heterocycles. The number of morpholine rings is 1. The molecule has 0 saturated carbocycles. The molecule has 0 bridgehead atoms. The number of benzene rings is 1. The van der Waals surface area contributed by atoms with Gasteiger partial charge in [0.1, 0.15) is 0 Å². The highest BCUT2D eigenvalue weighted by Gasteiger charge is 2.48. The summed E-state index contributed by atoms with van der Waals surface area (Å²) in [6.45, 7) is 11.7. The first-order valence-corrected chi connectivity index (χ1v) is 7.32. The third-order valence-corrected chi connectivity index (χ3v) is 4.76. The van der Waals surface area contributed by atoms with Crippen LogP contribution in [0.4, 0.5) is 5.69 Å². The number of anilines is 1. The van der Waals surface area contributed by atoms with E-state index in [1.807, 2.05) is 0 Å². The maximum absolute atomic E-state index is 10.5. The fourth-order valence-corrected chi connectivity index (χ4v) is 3.52. The molecule has 3 rings (SSSR count). The molecule has 110 valence electrons. The van der Waals surface area contributed by atoms with Gasteiger partial charge in [0.15, 0.2) is 0 Å². The van der Waals surface area contributed by atoms with Crippen molar-refractivity contribution in [1.29, 1.82) is 0 Å². The molecular formula is C16H24N2O2. The second-order valence-corrected chi connectivity index (χ2v) is 6.76. The molecule has 0 amide bonds. The van der Waals surface area contributed by atoms with Gasteiger partial charge >= 0.3 is 0 Å². The van der Waals surface area contributed by atoms with E-state index in [4.69, 9.17) is 4.74 Å². The standard InChI is InChI=1S/C16H24N2O2/c1-15(2)13-6-5-12(17-7-9-20-10-8-17)11-14(13)16(3,4)18(15)19/h5-6,11,19H,7-10H2,1-4H3. The lowest BCUT2D eigenvalue weighted by Crippen LogP contribution is -2.42. The number of fused-ring (bicyclic) bond motifs is 1. The van der Waals surface area contributed by atoms with Crippen LogP contribution >= 0.6 is 0 Å². The Labute approximate surface area is 120 Å². The van der Waals surface area contributed by atoms with Crippen molar-refractivity contribution in [2.45, 2.75) is 38.8 Å². The second kappa shape index (κ2) is 4.45. The Bertz CT molecular complexity index is 519. The summed E-state index contributed by atoms with van der Waals surface area (Å²) in [6, 6.07) is 6.57. The topological polar surface area (TPSA) is 35.9 Å². The number of rotatable bonds is 1. The minimum absolute atomic E-state index is 0.345. The molecular weight excluding hydrogens is 252 g/mol. The summed E-state index contributed by atoms with van der Waals surface area (Å²) in [7, 11) is 0. The molecule has 4 heteroatoms. The number of hydrogen-bond donors (Lipinski definition) is 1. The van der Waals surface area contributed by atoms with Crippen molar-refractivity contribution in [1.82, 2.24) is 5.06 Å². The molecule has 0 spiro atoms. The lowest BCUT2D eigenvalue weighted by molar-refractivity contribution is -0.216. The van der Waals surface area contributed by atoms with Crippen LogP contribution in [0.5, 0.6) is 0 Å². The van der Waals surface area contributed by atoms with Gasteiger partial charge in [0.05, 0.1) is 24.3 Å². The predicted octanol–water partition coefficient (Wildman–Crippen LogP) is 2.70. The number of nitrogens with zero attached hydrogens (tertiary/aromatic N) is 2. The zero-order valence-electron chi connectivity index (χ0n) is 12.8. The molecule has 1 aromatic rings. The van der Waals surface area contributed by atoms with Gasteiger partial charge in [0.25, 0.3) is 0 Å². The Morgan fingerprint density at radius 1 is 1.00 bits per heavy atom. The average Bonchev–Trinajstić information content (AvgIpc) is 2.58. The summed E-state index contributed by atoms with van der Waals surface area (Å²) in [6.07, 6.45) is 0. The molecule has 20 heavy (non-hydrogen) atoms. The first kappa shape index (κ1) is 13.9. The van der Waals surface area contributed by atoms with Gasteiger partial charge in [-0.25, -0.2) is 0 Å². The summed E-state index contributed by atoms with van der Waals surface area (Å²) >= 11 is 0. The van der Waals surface area contributed by atoms with Crippen molar-refractivity contribution in [2.24, 2.45) is 0 Å². The quantitative estimate of drug-likeness (QED) is 0.855. The van der Waals surface area contributed by atoms with Gasteiger partial charge in [-0.3, -0.25) is 0 Å². The van der Waals surface area contributed by atoms with Crippen molar-refractivity contribution in [3.63, 3.8) is 0 Å². The second-order valence-electron chi connectivity index (χ2n) is 6.76. The minimum Gasteiger partial charge on any atom is -0.378 e. The molecule has 2 aliphatic rings. The third kappa shape index (κ3) is 1.86. The van der Waals surface area contributed by atoms with Crippen LogP contribution in [-0.4, -0.2) is 36.6 Å². The lowest BCUT2D eigenvalue weighted by atomic mass is 9.90. The third-order valence-electron chi connectivity index (χ3n) is 4.76. The van der Waals surface area contributed by atoms with E-state index in [-0.39, 0.29) is 11.1 Å². The molecule has 0 atom stereocenters. The Morgan fingerprint density at radius 3 is 2.25 bits per heavy atom. The zero-order valence-corrected chi connectivity index (χ0v) is 12.8. The first-order valence-electron chi connectivity index (χ1n) is 7.32. The van der Waals surface area contributed by atoms with Crippen LogP contribution in [0.2, 0.25) is 0 Å². The summed E-state index contributed by atoms with van der Waals surface area (Å²) in [5, 5.41) is 12.0. The lowest BCUT2D eigenvalue weighted by Gasteiger charge is -2.35. The molecule has 1 saturated heterocycles. The van der Waals surface area contributed by atoms with E-state index in [1.165, 1.54) is 21.9 Å². The van der Waals surface area contributed by atoms with Crippen LogP contribution in [0.15, 0.2) is 18.2 Å². The van der Waals surface area contributed by atoms with E-state index in [2.05, 4.69) is 50.8 Å². The highest BCUT2D eigenvalue weighted by Crippen LogP contribution is 2.48. The van der Waals surface area contributed by atoms with Gasteiger partial charge in [-0.1, -0.05) is 6.07 Å². The molecule has 0 radical (unpaired) electrons. The molecule has 0 aliphatic carbocycles. The SMILES string of the molecule is CC1(C)c2ccc(N3CCOCC3)cc2C(C)(C)N1O. The number of hydrogen-bond acceptors (Lipinski definition) is 4. The molecule has 1 N–H and O–H groups in total. The summed E-state index contributed by atoms with van der Waals surface area (Å²) < 4.78 is 5.42. The van der Waals surface area contributed by atoms with E-state index in [1.54, 1.807) is 0 Å². The smallest absolute Gasteiger partial charge is 0.0666 e. The highest BCUT2D eigenvalue weighted by atomic mass is 16.5. The average molecular weight is 276 g/mol. The first-order chi connectivity index (χ1) is 9.35. The zero-order chi connectivity index (χ0) is 14.5. The summed E-state index contributed by atoms with van der Waals surface area (Å²) in [5.41, 5.74) is 2.95. The minimum atomic E-state index is -0.360. The van der Waals surface area contributed by atoms with E-state index in [0.29, 0.717) is 0 Å². The Kier molecular flexibility index (Phi) is 3.08. The van der Waals surface area contributed by atoms with Gasteiger partial charge in [-0.05, 0) is 51.0 Å². The fraction of sp³-hybridized carbons (Fsp3) is 0.625. The van der Waals surface area contributed by atoms with Crippen molar-refractivity contribution in [2.75, 3.05) is 31.2 Å². The van der Waals surface area contributed by atoms with Crippen molar-refractivity contribution in [3.8, 4) is 0 Å². The summed E-state index contributed by atoms with van der Waals surface area (Å²) in [5.74, 6) is 0. The normalized spacial score (nSPS) is 24.8. The van der Waals surface area contributed by atoms with Gasteiger partial charge < -0.3 is 14.8 Å². The number of hydroxylamine groups is 2. The van der Waals surface area contributed by atoms with Crippen LogP contribution in [0.1, 0.15) is 38.8 Å². The largest absolute Gasteiger partial charge is 0.378 e. The Hall–Kier alpha value is -1.10. The Balaban J connectivity index is 2.03. The van der Waals surface area contributed by atoms with E-state index >= 15 is 0 Å². The van der Waals surface area contributed by atoms with E-state index in [9.17, 15) is 5.21 Å². The van der Waals surface area contributed by atoms with Crippen molar-refractivity contribution in [3.05, 3.63) is 29.3 Å². The van der Waals surface area contributed by atoms with Gasteiger partial charge in [-0.15, -0.1) is 0 Å². The molecule has 1 fully saturated rings. The fourth-order valence-electron chi connectivity index (χ4n) is 3.52. The van der Waals surface area contributed by atoms with Crippen molar-refractivity contribution >= 4 is 5.69 Å². The Morgan fingerprint density at radius 2 is 1.60 bits per heavy atom. The van der Waals surface area contributed by atoms with Crippen LogP contribution < -0.4 is 4.90 Å². The highest BCUT2D eigenvalue weighted by molar-refractivity contribution is 5.56. The van der Waals surface area contributed by atoms with Crippen LogP contribution in [0, 0.1) is 0 Å². The van der Waals surface area contributed by atoms with Crippen LogP contribution in [-0.2, 0) is 15.8 Å². The molecule has 0 aromatic heterocycles. The summed E-state index contributed by atoms with van der Waals surface area (Å²) in [4.78, 5) is 2.35. The molecule has 2 aliphatic heterocycles. The van der Waals surface area contributed by atoms with E-state index < -0.39 is 0 Å². The van der Waals surface area contributed by atoms with Crippen LogP contribution in [0.3, 0.4) is 0 Å². The van der Waals surface area contributed by atoms with Gasteiger partial charge in [0, 0.05) is 18.8 Å². The molecule has 1 aromatic carbocycles. The molecule has 0 unspecified atom stereocenters. The van der Waals surface area contributed by atoms with Crippen LogP contribution in [0.25, 0.3) is 0 Å². The molecule has 4 nitrogen and oxygen atoms in total. The maximum atomic E-state index is 10.5. The van der Waals surface area contributed by atoms with Crippen molar-refractivity contribution < 1.29 is 9.94 Å². The van der Waals surface area contributed by atoms with Gasteiger partial charge in [-0.2, -0.15) is 5.06 Å². The monoisotopic (exact) mass is 276 g/mol. The maximum Gasteiger partial charge on any atom is 0.0666 e. The predicted molar refractivity (Wildman–Crippen MR) is 79.2 cm³/mol. The van der Waals surface area contributed by atoms with Gasteiger partial charge in [0.2, 0.25) is 0 Å². The van der Waals surface area contributed by atoms with E-state index in [0.717, 1.165) is 26.3 Å².